The summed E-state index contributed by atoms with van der Waals surface area (Å²) in [4.78, 5) is 0. The molecule has 0 saturated heterocycles. The second-order valence-electron chi connectivity index (χ2n) is 4.74. The minimum Gasteiger partial charge on any atom is -0.313 e. The Bertz CT molecular complexity index is 129. The van der Waals surface area contributed by atoms with E-state index < -0.39 is 0 Å². The van der Waals surface area contributed by atoms with Gasteiger partial charge in [-0.3, -0.25) is 0 Å². The van der Waals surface area contributed by atoms with E-state index in [1.54, 1.807) is 0 Å². The van der Waals surface area contributed by atoms with Crippen LogP contribution in [0.5, 0.6) is 0 Å². The Morgan fingerprint density at radius 1 is 1.42 bits per heavy atom. The molecule has 12 heavy (non-hydrogen) atoms. The van der Waals surface area contributed by atoms with E-state index in [2.05, 4.69) is 26.1 Å². The third-order valence-electron chi connectivity index (χ3n) is 3.18. The molecule has 0 radical (unpaired) electrons. The minimum absolute atomic E-state index is 0.549. The van der Waals surface area contributed by atoms with Crippen LogP contribution in [0.25, 0.3) is 0 Å². The van der Waals surface area contributed by atoms with Crippen molar-refractivity contribution < 1.29 is 0 Å². The van der Waals surface area contributed by atoms with E-state index >= 15 is 0 Å². The molecule has 72 valence electrons. The van der Waals surface area contributed by atoms with Crippen LogP contribution >= 0.6 is 0 Å². The van der Waals surface area contributed by atoms with E-state index in [-0.39, 0.29) is 0 Å². The molecule has 1 atom stereocenters. The highest BCUT2D eigenvalue weighted by atomic mass is 14.9. The summed E-state index contributed by atoms with van der Waals surface area (Å²) in [5.74, 6) is 0. The van der Waals surface area contributed by atoms with E-state index in [4.69, 9.17) is 0 Å². The van der Waals surface area contributed by atoms with Gasteiger partial charge in [-0.05, 0) is 31.2 Å². The van der Waals surface area contributed by atoms with Crippen molar-refractivity contribution in [2.75, 3.05) is 6.54 Å². The van der Waals surface area contributed by atoms with Gasteiger partial charge in [0.2, 0.25) is 0 Å². The summed E-state index contributed by atoms with van der Waals surface area (Å²) in [6, 6.07) is 0.782. The van der Waals surface area contributed by atoms with Crippen molar-refractivity contribution in [2.24, 2.45) is 5.41 Å². The molecule has 0 aromatic carbocycles. The van der Waals surface area contributed by atoms with Crippen LogP contribution in [0.15, 0.2) is 0 Å². The summed E-state index contributed by atoms with van der Waals surface area (Å²) < 4.78 is 0. The fourth-order valence-corrected chi connectivity index (χ4v) is 2.16. The third kappa shape index (κ3) is 2.48. The standard InChI is InChI=1S/C11H23N/c1-4-5-9-12-10-7-6-8-11(10,2)3/h10,12H,4-9H2,1-3H3. The zero-order valence-electron chi connectivity index (χ0n) is 8.82. The summed E-state index contributed by atoms with van der Waals surface area (Å²) in [7, 11) is 0. The lowest BCUT2D eigenvalue weighted by Gasteiger charge is -2.27. The molecule has 0 heterocycles. The molecule has 0 aromatic heterocycles. The van der Waals surface area contributed by atoms with Gasteiger partial charge in [0.1, 0.15) is 0 Å². The van der Waals surface area contributed by atoms with Crippen LogP contribution in [0.2, 0.25) is 0 Å². The van der Waals surface area contributed by atoms with Gasteiger partial charge in [-0.2, -0.15) is 0 Å². The van der Waals surface area contributed by atoms with E-state index in [1.807, 2.05) is 0 Å². The molecule has 0 amide bonds. The summed E-state index contributed by atoms with van der Waals surface area (Å²) >= 11 is 0. The number of hydrogen-bond acceptors (Lipinski definition) is 1. The smallest absolute Gasteiger partial charge is 0.0118 e. The van der Waals surface area contributed by atoms with E-state index in [0.717, 1.165) is 6.04 Å². The maximum Gasteiger partial charge on any atom is 0.0118 e. The van der Waals surface area contributed by atoms with Gasteiger partial charge in [0.05, 0.1) is 0 Å². The van der Waals surface area contributed by atoms with Gasteiger partial charge in [0.15, 0.2) is 0 Å². The SMILES string of the molecule is CCCCNC1CCCC1(C)C. The number of nitrogens with one attached hydrogen (secondary N) is 1. The van der Waals surface area contributed by atoms with Crippen molar-refractivity contribution in [3.05, 3.63) is 0 Å². The average Bonchev–Trinajstić information content (AvgIpc) is 2.32. The highest BCUT2D eigenvalue weighted by molar-refractivity contribution is 4.89. The molecule has 0 bridgehead atoms. The lowest BCUT2D eigenvalue weighted by Crippen LogP contribution is -2.38. The minimum atomic E-state index is 0.549. The van der Waals surface area contributed by atoms with Gasteiger partial charge in [-0.25, -0.2) is 0 Å². The highest BCUT2D eigenvalue weighted by Crippen LogP contribution is 2.36. The topological polar surface area (TPSA) is 12.0 Å². The molecule has 1 heteroatoms. The Hall–Kier alpha value is -0.0400. The molecule has 1 aliphatic carbocycles. The lowest BCUT2D eigenvalue weighted by molar-refractivity contribution is 0.283. The molecule has 1 N–H and O–H groups in total. The average molecular weight is 169 g/mol. The van der Waals surface area contributed by atoms with Crippen LogP contribution in [0.3, 0.4) is 0 Å². The molecule has 1 rings (SSSR count). The zero-order chi connectivity index (χ0) is 9.03. The van der Waals surface area contributed by atoms with Gasteiger partial charge in [0, 0.05) is 6.04 Å². The maximum absolute atomic E-state index is 3.67. The third-order valence-corrected chi connectivity index (χ3v) is 3.18. The molecule has 1 nitrogen and oxygen atoms in total. The van der Waals surface area contributed by atoms with Crippen LogP contribution in [-0.4, -0.2) is 12.6 Å². The largest absolute Gasteiger partial charge is 0.313 e. The molecule has 0 aliphatic heterocycles. The van der Waals surface area contributed by atoms with Gasteiger partial charge >= 0.3 is 0 Å². The van der Waals surface area contributed by atoms with Crippen LogP contribution in [0.1, 0.15) is 52.9 Å². The summed E-state index contributed by atoms with van der Waals surface area (Å²) in [5, 5.41) is 3.67. The first kappa shape index (κ1) is 10.0. The van der Waals surface area contributed by atoms with Crippen molar-refractivity contribution in [3.8, 4) is 0 Å². The van der Waals surface area contributed by atoms with Gasteiger partial charge in [-0.15, -0.1) is 0 Å². The number of hydrogen-bond donors (Lipinski definition) is 1. The Morgan fingerprint density at radius 3 is 2.67 bits per heavy atom. The first-order valence-corrected chi connectivity index (χ1v) is 5.40. The van der Waals surface area contributed by atoms with E-state index in [0.29, 0.717) is 5.41 Å². The van der Waals surface area contributed by atoms with E-state index in [1.165, 1.54) is 38.6 Å². The second-order valence-corrected chi connectivity index (χ2v) is 4.74. The Balaban J connectivity index is 2.22. The molecular formula is C11H23N. The second kappa shape index (κ2) is 4.27. The molecule has 1 unspecified atom stereocenters. The summed E-state index contributed by atoms with van der Waals surface area (Å²) in [6.07, 6.45) is 6.83. The van der Waals surface area contributed by atoms with Crippen LogP contribution in [0, 0.1) is 5.41 Å². The lowest BCUT2D eigenvalue weighted by atomic mass is 9.87. The quantitative estimate of drug-likeness (QED) is 0.638. The number of unbranched alkanes of at least 4 members (excludes halogenated alkanes) is 1. The first-order valence-electron chi connectivity index (χ1n) is 5.40. The maximum atomic E-state index is 3.67. The zero-order valence-corrected chi connectivity index (χ0v) is 8.82. The predicted octanol–water partition coefficient (Wildman–Crippen LogP) is 2.95. The van der Waals surface area contributed by atoms with Gasteiger partial charge in [-0.1, -0.05) is 33.6 Å². The molecule has 1 aliphatic rings. The van der Waals surface area contributed by atoms with Crippen molar-refractivity contribution in [1.82, 2.24) is 5.32 Å². The Morgan fingerprint density at radius 2 is 2.17 bits per heavy atom. The molecule has 0 spiro atoms. The van der Waals surface area contributed by atoms with Crippen molar-refractivity contribution in [1.29, 1.82) is 0 Å². The number of rotatable bonds is 4. The van der Waals surface area contributed by atoms with Crippen molar-refractivity contribution in [3.63, 3.8) is 0 Å². The van der Waals surface area contributed by atoms with Gasteiger partial charge in [0.25, 0.3) is 0 Å². The monoisotopic (exact) mass is 169 g/mol. The first-order chi connectivity index (χ1) is 5.67. The molecule has 0 aromatic rings. The summed E-state index contributed by atoms with van der Waals surface area (Å²) in [5.41, 5.74) is 0.549. The van der Waals surface area contributed by atoms with Crippen molar-refractivity contribution in [2.45, 2.75) is 58.9 Å². The van der Waals surface area contributed by atoms with E-state index in [9.17, 15) is 0 Å². The normalized spacial score (nSPS) is 27.8. The highest BCUT2D eigenvalue weighted by Gasteiger charge is 2.33. The predicted molar refractivity (Wildman–Crippen MR) is 54.3 cm³/mol. The molecular weight excluding hydrogens is 146 g/mol. The Kier molecular flexibility index (Phi) is 3.57. The Labute approximate surface area is 76.9 Å². The van der Waals surface area contributed by atoms with Gasteiger partial charge < -0.3 is 5.32 Å². The molecule has 1 fully saturated rings. The summed E-state index contributed by atoms with van der Waals surface area (Å²) in [6.45, 7) is 8.25. The van der Waals surface area contributed by atoms with Crippen LogP contribution in [0.4, 0.5) is 0 Å². The van der Waals surface area contributed by atoms with Crippen LogP contribution in [-0.2, 0) is 0 Å². The van der Waals surface area contributed by atoms with Crippen LogP contribution < -0.4 is 5.32 Å². The molecule has 1 saturated carbocycles. The fourth-order valence-electron chi connectivity index (χ4n) is 2.16. The fraction of sp³-hybridized carbons (Fsp3) is 1.00. The van der Waals surface area contributed by atoms with Crippen molar-refractivity contribution >= 4 is 0 Å².